The van der Waals surface area contributed by atoms with Crippen LogP contribution in [0.3, 0.4) is 0 Å². The van der Waals surface area contributed by atoms with Gasteiger partial charge in [0.1, 0.15) is 12.4 Å². The summed E-state index contributed by atoms with van der Waals surface area (Å²) < 4.78 is 2.00. The van der Waals surface area contributed by atoms with E-state index in [1.165, 1.54) is 0 Å². The highest BCUT2D eigenvalue weighted by Gasteiger charge is 2.11. The van der Waals surface area contributed by atoms with Crippen molar-refractivity contribution in [2.75, 3.05) is 6.54 Å². The van der Waals surface area contributed by atoms with Gasteiger partial charge in [0.05, 0.1) is 11.0 Å². The number of rotatable bonds is 5. The molecular formula is C14H19N3O. The van der Waals surface area contributed by atoms with Crippen molar-refractivity contribution in [3.63, 3.8) is 0 Å². The molecule has 1 N–H and O–H groups in total. The zero-order chi connectivity index (χ0) is 13.0. The number of para-hydroxylation sites is 2. The summed E-state index contributed by atoms with van der Waals surface area (Å²) in [6.45, 7) is 5.18. The predicted octanol–water partition coefficient (Wildman–Crippen LogP) is 2.12. The molecular weight excluding hydrogens is 226 g/mol. The Morgan fingerprint density at radius 2 is 2.11 bits per heavy atom. The summed E-state index contributed by atoms with van der Waals surface area (Å²) in [5, 5.41) is 2.90. The minimum atomic E-state index is 0.0507. The number of fused-ring (bicyclic) bond motifs is 1. The molecule has 0 aliphatic rings. The van der Waals surface area contributed by atoms with Gasteiger partial charge < -0.3 is 9.88 Å². The van der Waals surface area contributed by atoms with Crippen molar-refractivity contribution in [2.24, 2.45) is 0 Å². The van der Waals surface area contributed by atoms with Gasteiger partial charge in [0, 0.05) is 13.0 Å². The number of hydrogen-bond acceptors (Lipinski definition) is 2. The predicted molar refractivity (Wildman–Crippen MR) is 72.4 cm³/mol. The molecule has 4 nitrogen and oxygen atoms in total. The van der Waals surface area contributed by atoms with Crippen LogP contribution < -0.4 is 5.32 Å². The monoisotopic (exact) mass is 245 g/mol. The van der Waals surface area contributed by atoms with Crippen molar-refractivity contribution in [2.45, 2.75) is 33.2 Å². The maximum Gasteiger partial charge on any atom is 0.240 e. The lowest BCUT2D eigenvalue weighted by Gasteiger charge is -2.08. The Morgan fingerprint density at radius 3 is 2.83 bits per heavy atom. The first-order valence-electron chi connectivity index (χ1n) is 6.47. The first-order valence-corrected chi connectivity index (χ1v) is 6.47. The molecule has 0 saturated heterocycles. The van der Waals surface area contributed by atoms with E-state index in [4.69, 9.17) is 0 Å². The van der Waals surface area contributed by atoms with Crippen LogP contribution in [0.1, 0.15) is 26.1 Å². The second-order valence-corrected chi connectivity index (χ2v) is 4.31. The number of hydrogen-bond donors (Lipinski definition) is 1. The molecule has 0 bridgehead atoms. The number of imidazole rings is 1. The van der Waals surface area contributed by atoms with E-state index in [1.807, 2.05) is 35.8 Å². The summed E-state index contributed by atoms with van der Waals surface area (Å²) >= 11 is 0. The van der Waals surface area contributed by atoms with Crippen LogP contribution in [0.5, 0.6) is 0 Å². The molecule has 18 heavy (non-hydrogen) atoms. The van der Waals surface area contributed by atoms with Crippen molar-refractivity contribution in [1.82, 2.24) is 14.9 Å². The van der Waals surface area contributed by atoms with Crippen LogP contribution in [0.25, 0.3) is 11.0 Å². The summed E-state index contributed by atoms with van der Waals surface area (Å²) in [6, 6.07) is 7.93. The van der Waals surface area contributed by atoms with Crippen LogP contribution in [0.15, 0.2) is 24.3 Å². The van der Waals surface area contributed by atoms with E-state index in [-0.39, 0.29) is 5.91 Å². The van der Waals surface area contributed by atoms with Gasteiger partial charge in [-0.2, -0.15) is 0 Å². The normalized spacial score (nSPS) is 10.8. The summed E-state index contributed by atoms with van der Waals surface area (Å²) in [5.41, 5.74) is 1.98. The highest BCUT2D eigenvalue weighted by Crippen LogP contribution is 2.16. The van der Waals surface area contributed by atoms with Gasteiger partial charge in [-0.1, -0.05) is 26.0 Å². The lowest BCUT2D eigenvalue weighted by atomic mass is 10.3. The summed E-state index contributed by atoms with van der Waals surface area (Å²) in [7, 11) is 0. The number of nitrogens with one attached hydrogen (secondary N) is 1. The highest BCUT2D eigenvalue weighted by molar-refractivity contribution is 5.81. The van der Waals surface area contributed by atoms with Gasteiger partial charge >= 0.3 is 0 Å². The molecule has 0 saturated carbocycles. The fraction of sp³-hybridized carbons (Fsp3) is 0.429. The molecule has 2 rings (SSSR count). The van der Waals surface area contributed by atoms with E-state index in [9.17, 15) is 4.79 Å². The van der Waals surface area contributed by atoms with Gasteiger partial charge in [-0.15, -0.1) is 0 Å². The number of aromatic nitrogens is 2. The van der Waals surface area contributed by atoms with Crippen molar-refractivity contribution >= 4 is 16.9 Å². The van der Waals surface area contributed by atoms with Crippen molar-refractivity contribution in [3.05, 3.63) is 30.1 Å². The third kappa shape index (κ3) is 2.53. The summed E-state index contributed by atoms with van der Waals surface area (Å²) in [4.78, 5) is 16.4. The van der Waals surface area contributed by atoms with E-state index >= 15 is 0 Å². The van der Waals surface area contributed by atoms with E-state index < -0.39 is 0 Å². The SMILES string of the molecule is CCCNC(=O)Cn1c(CC)nc2ccccc21. The molecule has 96 valence electrons. The summed E-state index contributed by atoms with van der Waals surface area (Å²) in [5.74, 6) is 1.01. The van der Waals surface area contributed by atoms with Crippen LogP contribution in [-0.4, -0.2) is 22.0 Å². The quantitative estimate of drug-likeness (QED) is 0.877. The zero-order valence-electron chi connectivity index (χ0n) is 10.9. The minimum absolute atomic E-state index is 0.0507. The fourth-order valence-corrected chi connectivity index (χ4v) is 2.04. The molecule has 4 heteroatoms. The molecule has 0 unspecified atom stereocenters. The molecule has 0 fully saturated rings. The van der Waals surface area contributed by atoms with Crippen LogP contribution in [-0.2, 0) is 17.8 Å². The third-order valence-corrected chi connectivity index (χ3v) is 2.92. The van der Waals surface area contributed by atoms with Gasteiger partial charge in [-0.25, -0.2) is 4.98 Å². The van der Waals surface area contributed by atoms with E-state index in [0.29, 0.717) is 6.54 Å². The molecule has 2 aromatic rings. The van der Waals surface area contributed by atoms with E-state index in [0.717, 1.165) is 36.2 Å². The number of aryl methyl sites for hydroxylation is 1. The smallest absolute Gasteiger partial charge is 0.240 e. The van der Waals surface area contributed by atoms with Crippen molar-refractivity contribution in [3.8, 4) is 0 Å². The second-order valence-electron chi connectivity index (χ2n) is 4.31. The average Bonchev–Trinajstić information content (AvgIpc) is 2.75. The van der Waals surface area contributed by atoms with Gasteiger partial charge in [0.2, 0.25) is 5.91 Å². The van der Waals surface area contributed by atoms with Crippen LogP contribution >= 0.6 is 0 Å². The van der Waals surface area contributed by atoms with E-state index in [2.05, 4.69) is 17.2 Å². The maximum atomic E-state index is 11.8. The molecule has 0 aliphatic carbocycles. The number of benzene rings is 1. The largest absolute Gasteiger partial charge is 0.355 e. The Bertz CT molecular complexity index is 545. The second kappa shape index (κ2) is 5.67. The summed E-state index contributed by atoms with van der Waals surface area (Å²) in [6.07, 6.45) is 1.78. The Kier molecular flexibility index (Phi) is 3.97. The highest BCUT2D eigenvalue weighted by atomic mass is 16.1. The zero-order valence-corrected chi connectivity index (χ0v) is 10.9. The molecule has 1 aromatic heterocycles. The lowest BCUT2D eigenvalue weighted by Crippen LogP contribution is -2.28. The fourth-order valence-electron chi connectivity index (χ4n) is 2.04. The number of carbonyl (C=O) groups excluding carboxylic acids is 1. The van der Waals surface area contributed by atoms with Crippen LogP contribution in [0, 0.1) is 0 Å². The minimum Gasteiger partial charge on any atom is -0.355 e. The van der Waals surface area contributed by atoms with Crippen molar-refractivity contribution < 1.29 is 4.79 Å². The Balaban J connectivity index is 2.28. The Labute approximate surface area is 107 Å². The van der Waals surface area contributed by atoms with E-state index in [1.54, 1.807) is 0 Å². The first-order chi connectivity index (χ1) is 8.76. The molecule has 0 atom stereocenters. The number of nitrogens with zero attached hydrogens (tertiary/aromatic N) is 2. The number of amides is 1. The lowest BCUT2D eigenvalue weighted by molar-refractivity contribution is -0.121. The van der Waals surface area contributed by atoms with Crippen LogP contribution in [0.4, 0.5) is 0 Å². The van der Waals surface area contributed by atoms with Crippen LogP contribution in [0.2, 0.25) is 0 Å². The van der Waals surface area contributed by atoms with Gasteiger partial charge in [0.25, 0.3) is 0 Å². The average molecular weight is 245 g/mol. The third-order valence-electron chi connectivity index (χ3n) is 2.92. The van der Waals surface area contributed by atoms with Gasteiger partial charge in [0.15, 0.2) is 0 Å². The maximum absolute atomic E-state index is 11.8. The number of carbonyl (C=O) groups is 1. The first kappa shape index (κ1) is 12.6. The van der Waals surface area contributed by atoms with Gasteiger partial charge in [-0.05, 0) is 18.6 Å². The Morgan fingerprint density at radius 1 is 1.33 bits per heavy atom. The van der Waals surface area contributed by atoms with Crippen molar-refractivity contribution in [1.29, 1.82) is 0 Å². The molecule has 1 amide bonds. The van der Waals surface area contributed by atoms with Gasteiger partial charge in [-0.3, -0.25) is 4.79 Å². The molecule has 0 radical (unpaired) electrons. The topological polar surface area (TPSA) is 46.9 Å². The molecule has 1 heterocycles. The standard InChI is InChI=1S/C14H19N3O/c1-3-9-15-14(18)10-17-12-8-6-5-7-11(12)16-13(17)4-2/h5-8H,3-4,9-10H2,1-2H3,(H,15,18). The molecule has 0 aliphatic heterocycles. The molecule has 0 spiro atoms. The molecule has 1 aromatic carbocycles. The Hall–Kier alpha value is -1.84.